The van der Waals surface area contributed by atoms with E-state index in [-0.39, 0.29) is 17.4 Å². The molecule has 1 aromatic heterocycles. The molecule has 4 nitrogen and oxygen atoms in total. The van der Waals surface area contributed by atoms with Gasteiger partial charge in [0.2, 0.25) is 11.8 Å². The minimum Gasteiger partial charge on any atom is -0.471 e. The number of amides is 1. The van der Waals surface area contributed by atoms with Gasteiger partial charge in [-0.15, -0.1) is 0 Å². The van der Waals surface area contributed by atoms with Gasteiger partial charge in [0.25, 0.3) is 0 Å². The van der Waals surface area contributed by atoms with Crippen molar-refractivity contribution in [3.8, 4) is 5.88 Å². The van der Waals surface area contributed by atoms with Crippen LogP contribution in [0.15, 0.2) is 36.4 Å². The normalized spacial score (nSPS) is 15.9. The Bertz CT molecular complexity index is 670. The molecule has 1 aromatic carbocycles. The molecule has 1 aliphatic heterocycles. The lowest BCUT2D eigenvalue weighted by Gasteiger charge is -2.41. The van der Waals surface area contributed by atoms with Crippen LogP contribution in [0.25, 0.3) is 10.9 Å². The highest BCUT2D eigenvalue weighted by molar-refractivity contribution is 5.82. The van der Waals surface area contributed by atoms with E-state index in [0.717, 1.165) is 10.9 Å². The van der Waals surface area contributed by atoms with Crippen LogP contribution >= 0.6 is 0 Å². The van der Waals surface area contributed by atoms with E-state index in [9.17, 15) is 4.79 Å². The molecule has 0 saturated carbocycles. The summed E-state index contributed by atoms with van der Waals surface area (Å²) in [6.45, 7) is 7.10. The number of pyridine rings is 1. The molecular weight excluding hydrogens is 264 g/mol. The van der Waals surface area contributed by atoms with Gasteiger partial charge in [0.15, 0.2) is 0 Å². The van der Waals surface area contributed by atoms with Crippen molar-refractivity contribution in [3.05, 3.63) is 36.4 Å². The van der Waals surface area contributed by atoms with Gasteiger partial charge in [0.1, 0.15) is 6.10 Å². The monoisotopic (exact) mass is 284 g/mol. The highest BCUT2D eigenvalue weighted by Gasteiger charge is 2.37. The van der Waals surface area contributed by atoms with Crippen molar-refractivity contribution < 1.29 is 9.53 Å². The number of carbonyl (C=O) groups excluding carboxylic acids is 1. The number of ether oxygens (including phenoxy) is 1. The Morgan fingerprint density at radius 1 is 1.19 bits per heavy atom. The number of carbonyl (C=O) groups is 1. The van der Waals surface area contributed by atoms with E-state index >= 15 is 0 Å². The summed E-state index contributed by atoms with van der Waals surface area (Å²) in [5.41, 5.74) is 0.601. The van der Waals surface area contributed by atoms with Crippen LogP contribution in [0.1, 0.15) is 20.8 Å². The Kier molecular flexibility index (Phi) is 3.32. The zero-order valence-corrected chi connectivity index (χ0v) is 12.7. The standard InChI is InChI=1S/C17H20N2O2/c1-17(2,3)16(20)19-10-13(11-19)21-15-9-8-12-6-4-5-7-14(12)18-15/h4-9,13H,10-11H2,1-3H3. The van der Waals surface area contributed by atoms with Crippen molar-refractivity contribution in [1.29, 1.82) is 0 Å². The maximum absolute atomic E-state index is 12.1. The molecule has 4 heteroatoms. The van der Waals surface area contributed by atoms with Gasteiger partial charge in [-0.2, -0.15) is 0 Å². The van der Waals surface area contributed by atoms with Gasteiger partial charge < -0.3 is 9.64 Å². The average Bonchev–Trinajstić information content (AvgIpc) is 2.40. The van der Waals surface area contributed by atoms with Crippen molar-refractivity contribution in [2.24, 2.45) is 5.41 Å². The fourth-order valence-electron chi connectivity index (χ4n) is 2.44. The molecular formula is C17H20N2O2. The van der Waals surface area contributed by atoms with E-state index in [2.05, 4.69) is 4.98 Å². The minimum absolute atomic E-state index is 0.0463. The van der Waals surface area contributed by atoms with Crippen molar-refractivity contribution in [3.63, 3.8) is 0 Å². The first-order valence-corrected chi connectivity index (χ1v) is 7.25. The quantitative estimate of drug-likeness (QED) is 0.851. The molecule has 0 spiro atoms. The third-order valence-corrected chi connectivity index (χ3v) is 3.64. The second-order valence-electron chi connectivity index (χ2n) is 6.54. The molecule has 21 heavy (non-hydrogen) atoms. The molecule has 1 saturated heterocycles. The summed E-state index contributed by atoms with van der Waals surface area (Å²) in [5.74, 6) is 0.801. The number of benzene rings is 1. The maximum Gasteiger partial charge on any atom is 0.228 e. The summed E-state index contributed by atoms with van der Waals surface area (Å²) in [6.07, 6.45) is 0.0463. The molecule has 0 aliphatic carbocycles. The Hall–Kier alpha value is -2.10. The van der Waals surface area contributed by atoms with Crippen LogP contribution < -0.4 is 4.74 Å². The molecule has 2 aromatic rings. The topological polar surface area (TPSA) is 42.4 Å². The number of rotatable bonds is 2. The molecule has 2 heterocycles. The maximum atomic E-state index is 12.1. The van der Waals surface area contributed by atoms with E-state index in [4.69, 9.17) is 4.74 Å². The Labute approximate surface area is 124 Å². The van der Waals surface area contributed by atoms with E-state index in [1.807, 2.05) is 62.1 Å². The van der Waals surface area contributed by atoms with Crippen LogP contribution in [0, 0.1) is 5.41 Å². The van der Waals surface area contributed by atoms with Crippen molar-refractivity contribution >= 4 is 16.8 Å². The minimum atomic E-state index is -0.327. The van der Waals surface area contributed by atoms with Crippen molar-refractivity contribution in [2.75, 3.05) is 13.1 Å². The second-order valence-corrected chi connectivity index (χ2v) is 6.54. The van der Waals surface area contributed by atoms with Crippen molar-refractivity contribution in [2.45, 2.75) is 26.9 Å². The van der Waals surface area contributed by atoms with Crippen LogP contribution in [-0.4, -0.2) is 35.0 Å². The van der Waals surface area contributed by atoms with Gasteiger partial charge >= 0.3 is 0 Å². The highest BCUT2D eigenvalue weighted by Crippen LogP contribution is 2.24. The van der Waals surface area contributed by atoms with E-state index in [0.29, 0.717) is 19.0 Å². The summed E-state index contributed by atoms with van der Waals surface area (Å²) >= 11 is 0. The molecule has 0 bridgehead atoms. The molecule has 0 atom stereocenters. The number of aromatic nitrogens is 1. The second kappa shape index (κ2) is 5.02. The molecule has 0 N–H and O–H groups in total. The van der Waals surface area contributed by atoms with E-state index in [1.54, 1.807) is 0 Å². The van der Waals surface area contributed by atoms with Gasteiger partial charge in [0.05, 0.1) is 18.6 Å². The Morgan fingerprint density at radius 2 is 1.90 bits per heavy atom. The number of para-hydroxylation sites is 1. The number of fused-ring (bicyclic) bond motifs is 1. The van der Waals surface area contributed by atoms with Crippen LogP contribution in [0.2, 0.25) is 0 Å². The predicted octanol–water partition coefficient (Wildman–Crippen LogP) is 2.87. The summed E-state index contributed by atoms with van der Waals surface area (Å²) in [5, 5.41) is 1.10. The van der Waals surface area contributed by atoms with E-state index in [1.165, 1.54) is 0 Å². The third-order valence-electron chi connectivity index (χ3n) is 3.64. The van der Waals surface area contributed by atoms with E-state index < -0.39 is 0 Å². The zero-order valence-electron chi connectivity index (χ0n) is 12.7. The zero-order chi connectivity index (χ0) is 15.0. The predicted molar refractivity (Wildman–Crippen MR) is 82.2 cm³/mol. The molecule has 1 amide bonds. The number of nitrogens with zero attached hydrogens (tertiary/aromatic N) is 2. The van der Waals surface area contributed by atoms with Gasteiger partial charge in [0, 0.05) is 16.9 Å². The Morgan fingerprint density at radius 3 is 2.62 bits per heavy atom. The van der Waals surface area contributed by atoms with Crippen LogP contribution in [0.3, 0.4) is 0 Å². The summed E-state index contributed by atoms with van der Waals surface area (Å²) in [6, 6.07) is 11.8. The molecule has 3 rings (SSSR count). The SMILES string of the molecule is CC(C)(C)C(=O)N1CC(Oc2ccc3ccccc3n2)C1. The summed E-state index contributed by atoms with van der Waals surface area (Å²) in [7, 11) is 0. The molecule has 0 radical (unpaired) electrons. The first-order valence-electron chi connectivity index (χ1n) is 7.25. The molecule has 1 aliphatic rings. The van der Waals surface area contributed by atoms with Crippen LogP contribution in [0.4, 0.5) is 0 Å². The average molecular weight is 284 g/mol. The first kappa shape index (κ1) is 13.9. The molecule has 110 valence electrons. The number of likely N-dealkylation sites (tertiary alicyclic amines) is 1. The lowest BCUT2D eigenvalue weighted by atomic mass is 9.93. The van der Waals surface area contributed by atoms with Crippen LogP contribution in [0.5, 0.6) is 5.88 Å². The lowest BCUT2D eigenvalue weighted by Crippen LogP contribution is -2.58. The largest absolute Gasteiger partial charge is 0.471 e. The molecule has 1 fully saturated rings. The fraction of sp³-hybridized carbons (Fsp3) is 0.412. The Balaban J connectivity index is 1.62. The summed E-state index contributed by atoms with van der Waals surface area (Å²) < 4.78 is 5.85. The van der Waals surface area contributed by atoms with Crippen LogP contribution in [-0.2, 0) is 4.79 Å². The fourth-order valence-corrected chi connectivity index (χ4v) is 2.44. The van der Waals surface area contributed by atoms with Gasteiger partial charge in [-0.05, 0) is 12.1 Å². The van der Waals surface area contributed by atoms with Gasteiger partial charge in [-0.25, -0.2) is 4.98 Å². The smallest absolute Gasteiger partial charge is 0.228 e. The van der Waals surface area contributed by atoms with Gasteiger partial charge in [-0.3, -0.25) is 4.79 Å². The summed E-state index contributed by atoms with van der Waals surface area (Å²) in [4.78, 5) is 18.4. The third kappa shape index (κ3) is 2.84. The number of hydrogen-bond donors (Lipinski definition) is 0. The highest BCUT2D eigenvalue weighted by atomic mass is 16.5. The molecule has 0 unspecified atom stereocenters. The van der Waals surface area contributed by atoms with Crippen molar-refractivity contribution in [1.82, 2.24) is 9.88 Å². The van der Waals surface area contributed by atoms with Gasteiger partial charge in [-0.1, -0.05) is 39.0 Å². The number of hydrogen-bond acceptors (Lipinski definition) is 3. The lowest BCUT2D eigenvalue weighted by molar-refractivity contribution is -0.148. The first-order chi connectivity index (χ1) is 9.93.